The molecular weight excluding hydrogens is 268 g/mol. The number of β-amino-alcohol motifs (C(OH)–C–C–N with tert-alkyl or cyclic N) is 1. The Balaban J connectivity index is 1.92. The minimum atomic E-state index is -0.474. The number of amides is 2. The zero-order valence-electron chi connectivity index (χ0n) is 12.5. The van der Waals surface area contributed by atoms with Crippen molar-refractivity contribution in [1.29, 1.82) is 0 Å². The fraction of sp³-hybridized carbons (Fsp3) is 0.500. The van der Waals surface area contributed by atoms with Crippen molar-refractivity contribution in [2.75, 3.05) is 26.7 Å². The van der Waals surface area contributed by atoms with Crippen molar-refractivity contribution in [3.63, 3.8) is 0 Å². The van der Waals surface area contributed by atoms with Gasteiger partial charge >= 0.3 is 0 Å². The van der Waals surface area contributed by atoms with Crippen molar-refractivity contribution in [1.82, 2.24) is 9.80 Å². The molecule has 1 aliphatic rings. The molecule has 1 heterocycles. The Morgan fingerprint density at radius 2 is 2.00 bits per heavy atom. The smallest absolute Gasteiger partial charge is 0.254 e. The lowest BCUT2D eigenvalue weighted by Crippen LogP contribution is -2.49. The molecule has 1 aliphatic heterocycles. The van der Waals surface area contributed by atoms with Gasteiger partial charge in [0.2, 0.25) is 5.91 Å². The number of nitrogens with zero attached hydrogens (tertiary/aromatic N) is 2. The molecule has 5 nitrogen and oxygen atoms in total. The predicted octanol–water partition coefficient (Wildman–Crippen LogP) is 0.988. The summed E-state index contributed by atoms with van der Waals surface area (Å²) in [5.41, 5.74) is 0.570. The maximum Gasteiger partial charge on any atom is 0.254 e. The van der Waals surface area contributed by atoms with E-state index >= 15 is 0 Å². The van der Waals surface area contributed by atoms with E-state index in [-0.39, 0.29) is 24.3 Å². The number of aliphatic hydroxyl groups excluding tert-OH is 1. The number of likely N-dealkylation sites (tertiary alicyclic amines) is 1. The summed E-state index contributed by atoms with van der Waals surface area (Å²) in [6.07, 6.45) is 0.321. The van der Waals surface area contributed by atoms with Gasteiger partial charge in [0.25, 0.3) is 5.91 Å². The number of aliphatic hydroxyl groups is 1. The molecule has 5 heteroatoms. The van der Waals surface area contributed by atoms with Crippen LogP contribution in [-0.4, -0.2) is 59.5 Å². The molecule has 21 heavy (non-hydrogen) atoms. The third kappa shape index (κ3) is 3.82. The number of carbonyl (C=O) groups excluding carboxylic acids is 2. The van der Waals surface area contributed by atoms with Gasteiger partial charge in [-0.1, -0.05) is 25.1 Å². The third-order valence-electron chi connectivity index (χ3n) is 4.01. The molecule has 2 rings (SSSR count). The molecule has 0 radical (unpaired) electrons. The number of hydrogen-bond donors (Lipinski definition) is 1. The molecule has 114 valence electrons. The molecule has 0 bridgehead atoms. The number of benzene rings is 1. The van der Waals surface area contributed by atoms with E-state index in [1.54, 1.807) is 36.2 Å². The molecule has 1 saturated heterocycles. The van der Waals surface area contributed by atoms with Crippen molar-refractivity contribution in [3.8, 4) is 0 Å². The molecule has 1 aromatic rings. The van der Waals surface area contributed by atoms with Crippen LogP contribution in [0.4, 0.5) is 0 Å². The number of rotatable bonds is 3. The van der Waals surface area contributed by atoms with Gasteiger partial charge in [0.15, 0.2) is 0 Å². The lowest BCUT2D eigenvalue weighted by atomic mass is 9.96. The zero-order valence-corrected chi connectivity index (χ0v) is 12.5. The normalized spacial score (nSPS) is 22.0. The van der Waals surface area contributed by atoms with Crippen molar-refractivity contribution >= 4 is 11.8 Å². The van der Waals surface area contributed by atoms with E-state index in [2.05, 4.69) is 0 Å². The second kappa shape index (κ2) is 6.72. The maximum atomic E-state index is 12.2. The van der Waals surface area contributed by atoms with Gasteiger partial charge < -0.3 is 14.9 Å². The van der Waals surface area contributed by atoms with Gasteiger partial charge in [0.1, 0.15) is 0 Å². The topological polar surface area (TPSA) is 60.9 Å². The second-order valence-corrected chi connectivity index (χ2v) is 5.70. The maximum absolute atomic E-state index is 12.2. The summed E-state index contributed by atoms with van der Waals surface area (Å²) in [7, 11) is 1.62. The fourth-order valence-electron chi connectivity index (χ4n) is 2.45. The molecule has 1 fully saturated rings. The van der Waals surface area contributed by atoms with E-state index in [4.69, 9.17) is 0 Å². The van der Waals surface area contributed by atoms with Crippen LogP contribution in [0.25, 0.3) is 0 Å². The molecular formula is C16H22N2O3. The first-order chi connectivity index (χ1) is 9.99. The lowest BCUT2D eigenvalue weighted by molar-refractivity contribution is -0.135. The third-order valence-corrected chi connectivity index (χ3v) is 4.01. The summed E-state index contributed by atoms with van der Waals surface area (Å²) < 4.78 is 0. The molecule has 2 amide bonds. The Kier molecular flexibility index (Phi) is 4.96. The van der Waals surface area contributed by atoms with Crippen LogP contribution in [-0.2, 0) is 4.79 Å². The van der Waals surface area contributed by atoms with Gasteiger partial charge in [-0.25, -0.2) is 0 Å². The van der Waals surface area contributed by atoms with Gasteiger partial charge in [-0.15, -0.1) is 0 Å². The zero-order chi connectivity index (χ0) is 15.4. The monoisotopic (exact) mass is 290 g/mol. The summed E-state index contributed by atoms with van der Waals surface area (Å²) in [5.74, 6) is -0.0691. The summed E-state index contributed by atoms with van der Waals surface area (Å²) in [6, 6.07) is 8.90. The Hall–Kier alpha value is -1.88. The van der Waals surface area contributed by atoms with Crippen LogP contribution in [0.2, 0.25) is 0 Å². The van der Waals surface area contributed by atoms with Crippen LogP contribution in [0, 0.1) is 5.92 Å². The van der Waals surface area contributed by atoms with E-state index in [1.165, 1.54) is 4.90 Å². The van der Waals surface area contributed by atoms with Crippen molar-refractivity contribution < 1.29 is 14.7 Å². The van der Waals surface area contributed by atoms with Gasteiger partial charge in [-0.3, -0.25) is 9.59 Å². The highest BCUT2D eigenvalue weighted by molar-refractivity contribution is 5.96. The Bertz CT molecular complexity index is 504. The van der Waals surface area contributed by atoms with Crippen LogP contribution in [0.5, 0.6) is 0 Å². The van der Waals surface area contributed by atoms with Crippen molar-refractivity contribution in [3.05, 3.63) is 35.9 Å². The molecule has 1 N–H and O–H groups in total. The highest BCUT2D eigenvalue weighted by Gasteiger charge is 2.28. The molecule has 0 aromatic heterocycles. The van der Waals surface area contributed by atoms with E-state index in [1.807, 2.05) is 13.0 Å². The molecule has 2 atom stereocenters. The minimum Gasteiger partial charge on any atom is -0.391 e. The molecule has 1 aromatic carbocycles. The van der Waals surface area contributed by atoms with Crippen LogP contribution < -0.4 is 0 Å². The van der Waals surface area contributed by atoms with E-state index in [9.17, 15) is 14.7 Å². The van der Waals surface area contributed by atoms with E-state index in [0.29, 0.717) is 18.7 Å². The minimum absolute atomic E-state index is 0.0365. The van der Waals surface area contributed by atoms with Crippen molar-refractivity contribution in [2.45, 2.75) is 19.4 Å². The SMILES string of the molecule is CC1CCN(C(=O)CN(C)C(=O)c2ccccc2)CC1O. The highest BCUT2D eigenvalue weighted by atomic mass is 16.3. The first kappa shape index (κ1) is 15.5. The molecule has 0 aliphatic carbocycles. The number of carbonyl (C=O) groups is 2. The summed E-state index contributed by atoms with van der Waals surface area (Å²) in [6.45, 7) is 3.02. The fourth-order valence-corrected chi connectivity index (χ4v) is 2.45. The number of likely N-dealkylation sites (N-methyl/N-ethyl adjacent to an activating group) is 1. The summed E-state index contributed by atoms with van der Waals surface area (Å²) in [4.78, 5) is 27.5. The number of hydrogen-bond acceptors (Lipinski definition) is 3. The summed E-state index contributed by atoms with van der Waals surface area (Å²) in [5, 5.41) is 9.84. The van der Waals surface area contributed by atoms with Gasteiger partial charge in [0.05, 0.1) is 12.6 Å². The second-order valence-electron chi connectivity index (χ2n) is 5.70. The molecule has 0 saturated carbocycles. The van der Waals surface area contributed by atoms with Crippen molar-refractivity contribution in [2.24, 2.45) is 5.92 Å². The first-order valence-corrected chi connectivity index (χ1v) is 7.25. The van der Waals surface area contributed by atoms with Gasteiger partial charge in [-0.2, -0.15) is 0 Å². The number of piperidine rings is 1. The van der Waals surface area contributed by atoms with Crippen LogP contribution >= 0.6 is 0 Å². The largest absolute Gasteiger partial charge is 0.391 e. The highest BCUT2D eigenvalue weighted by Crippen LogP contribution is 2.17. The van der Waals surface area contributed by atoms with Gasteiger partial charge in [-0.05, 0) is 24.5 Å². The van der Waals surface area contributed by atoms with E-state index < -0.39 is 6.10 Å². The van der Waals surface area contributed by atoms with E-state index in [0.717, 1.165) is 6.42 Å². The Morgan fingerprint density at radius 1 is 1.33 bits per heavy atom. The van der Waals surface area contributed by atoms with Crippen LogP contribution in [0.1, 0.15) is 23.7 Å². The van der Waals surface area contributed by atoms with Crippen LogP contribution in [0.15, 0.2) is 30.3 Å². The predicted molar refractivity (Wildman–Crippen MR) is 79.8 cm³/mol. The lowest BCUT2D eigenvalue weighted by Gasteiger charge is -2.35. The summed E-state index contributed by atoms with van der Waals surface area (Å²) >= 11 is 0. The quantitative estimate of drug-likeness (QED) is 0.903. The van der Waals surface area contributed by atoms with Gasteiger partial charge in [0, 0.05) is 25.7 Å². The standard InChI is InChI=1S/C16H22N2O3/c1-12-8-9-18(10-14(12)19)15(20)11-17(2)16(21)13-6-4-3-5-7-13/h3-7,12,14,19H,8-11H2,1-2H3. The Morgan fingerprint density at radius 3 is 2.62 bits per heavy atom. The molecule has 2 unspecified atom stereocenters. The molecule has 0 spiro atoms. The first-order valence-electron chi connectivity index (χ1n) is 7.25. The Labute approximate surface area is 125 Å². The average molecular weight is 290 g/mol. The average Bonchev–Trinajstić information content (AvgIpc) is 2.50. The van der Waals surface area contributed by atoms with Crippen LogP contribution in [0.3, 0.4) is 0 Å².